The Labute approximate surface area is 127 Å². The summed E-state index contributed by atoms with van der Waals surface area (Å²) in [5, 5.41) is 10.2. The summed E-state index contributed by atoms with van der Waals surface area (Å²) < 4.78 is 24.2. The van der Waals surface area contributed by atoms with Crippen molar-refractivity contribution in [1.29, 1.82) is 0 Å². The van der Waals surface area contributed by atoms with Crippen molar-refractivity contribution in [3.05, 3.63) is 58.4 Å². The van der Waals surface area contributed by atoms with Crippen LogP contribution >= 0.6 is 11.6 Å². The molecule has 2 rings (SSSR count). The minimum absolute atomic E-state index is 0.160. The van der Waals surface area contributed by atoms with Crippen molar-refractivity contribution in [2.24, 2.45) is 0 Å². The summed E-state index contributed by atoms with van der Waals surface area (Å²) in [4.78, 5) is 0. The fourth-order valence-electron chi connectivity index (χ4n) is 1.99. The molecule has 21 heavy (non-hydrogen) atoms. The maximum atomic E-state index is 13.3. The van der Waals surface area contributed by atoms with E-state index in [1.807, 2.05) is 0 Å². The van der Waals surface area contributed by atoms with Gasteiger partial charge in [-0.15, -0.1) is 0 Å². The monoisotopic (exact) mass is 310 g/mol. The van der Waals surface area contributed by atoms with Gasteiger partial charge >= 0.3 is 0 Å². The minimum Gasteiger partial charge on any atom is -0.496 e. The Bertz CT molecular complexity index is 629. The van der Waals surface area contributed by atoms with Gasteiger partial charge in [0.05, 0.1) is 13.2 Å². The molecule has 2 aromatic rings. The molecule has 0 heterocycles. The van der Waals surface area contributed by atoms with E-state index >= 15 is 0 Å². The van der Waals surface area contributed by atoms with Crippen LogP contribution in [-0.4, -0.2) is 12.2 Å². The number of halogens is 2. The number of methoxy groups -OCH3 is 1. The van der Waals surface area contributed by atoms with Gasteiger partial charge < -0.3 is 14.6 Å². The molecule has 3 nitrogen and oxygen atoms in total. The zero-order valence-electron chi connectivity index (χ0n) is 11.8. The smallest absolute Gasteiger partial charge is 0.128 e. The molecule has 0 saturated carbocycles. The van der Waals surface area contributed by atoms with E-state index < -0.39 is 11.9 Å². The van der Waals surface area contributed by atoms with Gasteiger partial charge in [0.2, 0.25) is 0 Å². The first-order valence-corrected chi connectivity index (χ1v) is 6.81. The highest BCUT2D eigenvalue weighted by Crippen LogP contribution is 2.29. The fraction of sp³-hybridized carbons (Fsp3) is 0.250. The lowest BCUT2D eigenvalue weighted by Gasteiger charge is -2.15. The molecule has 0 aliphatic carbocycles. The third kappa shape index (κ3) is 3.86. The summed E-state index contributed by atoms with van der Waals surface area (Å²) in [6.07, 6.45) is -0.748. The van der Waals surface area contributed by atoms with Crippen LogP contribution in [0.5, 0.6) is 11.5 Å². The quantitative estimate of drug-likeness (QED) is 0.903. The molecule has 5 heteroatoms. The van der Waals surface area contributed by atoms with E-state index in [2.05, 4.69) is 0 Å². The van der Waals surface area contributed by atoms with Gasteiger partial charge in [-0.25, -0.2) is 4.39 Å². The van der Waals surface area contributed by atoms with Crippen molar-refractivity contribution < 1.29 is 19.0 Å². The summed E-state index contributed by atoms with van der Waals surface area (Å²) in [6.45, 7) is 1.76. The molecule has 0 amide bonds. The van der Waals surface area contributed by atoms with Crippen LogP contribution in [0.1, 0.15) is 24.2 Å². The SMILES string of the molecule is COc1ccc(Cl)cc1COc1cc(F)ccc1[C@@H](C)O. The largest absolute Gasteiger partial charge is 0.496 e. The third-order valence-electron chi connectivity index (χ3n) is 3.05. The van der Waals surface area contributed by atoms with Crippen LogP contribution in [0.25, 0.3) is 0 Å². The van der Waals surface area contributed by atoms with Gasteiger partial charge in [0.25, 0.3) is 0 Å². The van der Waals surface area contributed by atoms with Crippen LogP contribution in [0.3, 0.4) is 0 Å². The second-order valence-electron chi connectivity index (χ2n) is 4.60. The number of ether oxygens (including phenoxy) is 2. The standard InChI is InChI=1S/C16H16ClFO3/c1-10(19)14-5-4-13(18)8-16(14)21-9-11-7-12(17)3-6-15(11)20-2/h3-8,10,19H,9H2,1-2H3/t10-/m1/s1. The molecule has 2 aromatic carbocycles. The maximum Gasteiger partial charge on any atom is 0.128 e. The van der Waals surface area contributed by atoms with E-state index in [0.717, 1.165) is 5.56 Å². The zero-order valence-corrected chi connectivity index (χ0v) is 12.5. The zero-order chi connectivity index (χ0) is 15.4. The Hall–Kier alpha value is -1.78. The normalized spacial score (nSPS) is 12.0. The van der Waals surface area contributed by atoms with Crippen molar-refractivity contribution >= 4 is 11.6 Å². The summed E-state index contributed by atoms with van der Waals surface area (Å²) in [7, 11) is 1.55. The van der Waals surface area contributed by atoms with Crippen LogP contribution in [0.15, 0.2) is 36.4 Å². The minimum atomic E-state index is -0.748. The Morgan fingerprint density at radius 2 is 1.95 bits per heavy atom. The second kappa shape index (κ2) is 6.78. The predicted molar refractivity (Wildman–Crippen MR) is 79.4 cm³/mol. The average Bonchev–Trinajstić information content (AvgIpc) is 2.45. The van der Waals surface area contributed by atoms with Crippen molar-refractivity contribution in [3.63, 3.8) is 0 Å². The van der Waals surface area contributed by atoms with Crippen LogP contribution in [-0.2, 0) is 6.61 Å². The van der Waals surface area contributed by atoms with E-state index in [-0.39, 0.29) is 6.61 Å². The summed E-state index contributed by atoms with van der Waals surface area (Å²) in [5.41, 5.74) is 1.27. The molecule has 1 N–H and O–H groups in total. The van der Waals surface area contributed by atoms with Crippen LogP contribution in [0.2, 0.25) is 5.02 Å². The molecule has 1 atom stereocenters. The molecule has 0 aliphatic heterocycles. The van der Waals surface area contributed by atoms with Crippen molar-refractivity contribution in [2.45, 2.75) is 19.6 Å². The first-order chi connectivity index (χ1) is 10.0. The average molecular weight is 311 g/mol. The summed E-state index contributed by atoms with van der Waals surface area (Å²) >= 11 is 5.95. The predicted octanol–water partition coefficient (Wildman–Crippen LogP) is 4.12. The van der Waals surface area contributed by atoms with Gasteiger partial charge in [-0.05, 0) is 37.3 Å². The van der Waals surface area contributed by atoms with E-state index in [1.54, 1.807) is 32.2 Å². The first kappa shape index (κ1) is 15.6. The van der Waals surface area contributed by atoms with Gasteiger partial charge in [0, 0.05) is 22.2 Å². The maximum absolute atomic E-state index is 13.3. The van der Waals surface area contributed by atoms with Crippen LogP contribution < -0.4 is 9.47 Å². The number of hydrogen-bond donors (Lipinski definition) is 1. The summed E-state index contributed by atoms with van der Waals surface area (Å²) in [5.74, 6) is 0.508. The Kier molecular flexibility index (Phi) is 5.04. The van der Waals surface area contributed by atoms with E-state index in [0.29, 0.717) is 22.1 Å². The van der Waals surface area contributed by atoms with E-state index in [4.69, 9.17) is 21.1 Å². The Morgan fingerprint density at radius 1 is 1.19 bits per heavy atom. The number of aliphatic hydroxyl groups is 1. The third-order valence-corrected chi connectivity index (χ3v) is 3.29. The highest BCUT2D eigenvalue weighted by atomic mass is 35.5. The van der Waals surface area contributed by atoms with Crippen molar-refractivity contribution in [2.75, 3.05) is 7.11 Å². The van der Waals surface area contributed by atoms with Crippen molar-refractivity contribution in [3.8, 4) is 11.5 Å². The van der Waals surface area contributed by atoms with Gasteiger partial charge in [-0.1, -0.05) is 11.6 Å². The molecule has 0 aromatic heterocycles. The molecule has 0 spiro atoms. The highest BCUT2D eigenvalue weighted by Gasteiger charge is 2.12. The first-order valence-electron chi connectivity index (χ1n) is 6.44. The molecule has 0 radical (unpaired) electrons. The summed E-state index contributed by atoms with van der Waals surface area (Å²) in [6, 6.07) is 9.22. The Balaban J connectivity index is 2.24. The number of aliphatic hydroxyl groups excluding tert-OH is 1. The Morgan fingerprint density at radius 3 is 2.62 bits per heavy atom. The van der Waals surface area contributed by atoms with E-state index in [1.165, 1.54) is 18.2 Å². The van der Waals surface area contributed by atoms with Gasteiger partial charge in [0.15, 0.2) is 0 Å². The topological polar surface area (TPSA) is 38.7 Å². The lowest BCUT2D eigenvalue weighted by atomic mass is 10.1. The van der Waals surface area contributed by atoms with E-state index in [9.17, 15) is 9.50 Å². The number of benzene rings is 2. The lowest BCUT2D eigenvalue weighted by Crippen LogP contribution is -2.03. The molecule has 0 aliphatic rings. The number of hydrogen-bond acceptors (Lipinski definition) is 3. The molecule has 112 valence electrons. The molecule has 0 fully saturated rings. The van der Waals surface area contributed by atoms with Crippen molar-refractivity contribution in [1.82, 2.24) is 0 Å². The molecule has 0 unspecified atom stereocenters. The number of rotatable bonds is 5. The lowest BCUT2D eigenvalue weighted by molar-refractivity contribution is 0.189. The molecular weight excluding hydrogens is 295 g/mol. The fourth-order valence-corrected chi connectivity index (χ4v) is 2.19. The molecule has 0 saturated heterocycles. The van der Waals surface area contributed by atoms with Crippen LogP contribution in [0, 0.1) is 5.82 Å². The second-order valence-corrected chi connectivity index (χ2v) is 5.04. The molecular formula is C16H16ClFO3. The molecule has 0 bridgehead atoms. The van der Waals surface area contributed by atoms with Crippen LogP contribution in [0.4, 0.5) is 4.39 Å². The van der Waals surface area contributed by atoms with Gasteiger partial charge in [-0.2, -0.15) is 0 Å². The highest BCUT2D eigenvalue weighted by molar-refractivity contribution is 6.30. The van der Waals surface area contributed by atoms with Gasteiger partial charge in [0.1, 0.15) is 23.9 Å². The van der Waals surface area contributed by atoms with Gasteiger partial charge in [-0.3, -0.25) is 0 Å².